The first-order chi connectivity index (χ1) is 8.54. The Morgan fingerprint density at radius 2 is 2.33 bits per heavy atom. The van der Waals surface area contributed by atoms with Crippen LogP contribution in [0.2, 0.25) is 0 Å². The summed E-state index contributed by atoms with van der Waals surface area (Å²) >= 11 is 3.12. The molecule has 0 aromatic heterocycles. The molecular formula is C12H15BrFNO3. The van der Waals surface area contributed by atoms with Crippen molar-refractivity contribution < 1.29 is 19.0 Å². The Bertz CT molecular complexity index is 414. The smallest absolute Gasteiger partial charge is 0.252 e. The molecule has 2 N–H and O–H groups in total. The third-order valence-electron chi connectivity index (χ3n) is 2.30. The first-order valence-corrected chi connectivity index (χ1v) is 6.24. The Morgan fingerprint density at radius 1 is 1.61 bits per heavy atom. The maximum Gasteiger partial charge on any atom is 0.252 e. The number of rotatable bonds is 6. The van der Waals surface area contributed by atoms with Gasteiger partial charge >= 0.3 is 0 Å². The predicted molar refractivity (Wildman–Crippen MR) is 68.9 cm³/mol. The molecule has 1 aromatic carbocycles. The van der Waals surface area contributed by atoms with E-state index in [2.05, 4.69) is 21.2 Å². The number of nitrogens with one attached hydrogen (secondary N) is 1. The molecule has 1 atom stereocenters. The molecule has 6 heteroatoms. The highest BCUT2D eigenvalue weighted by molar-refractivity contribution is 9.10. The number of hydrogen-bond donors (Lipinski definition) is 2. The molecule has 0 aliphatic carbocycles. The number of halogens is 2. The van der Waals surface area contributed by atoms with Crippen molar-refractivity contribution in [2.75, 3.05) is 20.3 Å². The summed E-state index contributed by atoms with van der Waals surface area (Å²) in [6.07, 6.45) is -0.203. The molecule has 0 aliphatic rings. The summed E-state index contributed by atoms with van der Waals surface area (Å²) in [5.41, 5.74) is 0.359. The van der Waals surface area contributed by atoms with E-state index in [-0.39, 0.29) is 12.5 Å². The summed E-state index contributed by atoms with van der Waals surface area (Å²) in [7, 11) is 1.50. The highest BCUT2D eigenvalue weighted by Crippen LogP contribution is 2.17. The quantitative estimate of drug-likeness (QED) is 0.839. The van der Waals surface area contributed by atoms with Crippen molar-refractivity contribution in [1.29, 1.82) is 0 Å². The zero-order valence-corrected chi connectivity index (χ0v) is 11.5. The summed E-state index contributed by atoms with van der Waals surface area (Å²) in [5.74, 6) is -0.722. The number of amides is 1. The average molecular weight is 320 g/mol. The predicted octanol–water partition coefficient (Wildman–Crippen LogP) is 1.72. The lowest BCUT2D eigenvalue weighted by atomic mass is 10.2. The fraction of sp³-hybridized carbons (Fsp3) is 0.417. The van der Waals surface area contributed by atoms with Crippen LogP contribution >= 0.6 is 15.9 Å². The minimum absolute atomic E-state index is 0.232. The van der Waals surface area contributed by atoms with E-state index in [4.69, 9.17) is 4.74 Å². The number of benzene rings is 1. The van der Waals surface area contributed by atoms with Gasteiger partial charge in [-0.2, -0.15) is 0 Å². The van der Waals surface area contributed by atoms with Gasteiger partial charge in [0.2, 0.25) is 0 Å². The number of aliphatic hydroxyl groups is 1. The topological polar surface area (TPSA) is 58.6 Å². The molecule has 0 saturated carbocycles. The Balaban J connectivity index is 2.45. The summed E-state index contributed by atoms with van der Waals surface area (Å²) < 4.78 is 18.0. The van der Waals surface area contributed by atoms with Gasteiger partial charge in [0, 0.05) is 18.1 Å². The van der Waals surface area contributed by atoms with Gasteiger partial charge in [0.1, 0.15) is 5.82 Å². The summed E-state index contributed by atoms with van der Waals surface area (Å²) in [4.78, 5) is 11.7. The zero-order valence-electron chi connectivity index (χ0n) is 9.95. The Morgan fingerprint density at radius 3 is 2.94 bits per heavy atom. The van der Waals surface area contributed by atoms with Gasteiger partial charge in [-0.3, -0.25) is 4.79 Å². The second-order valence-electron chi connectivity index (χ2n) is 3.78. The fourth-order valence-corrected chi connectivity index (χ4v) is 1.93. The van der Waals surface area contributed by atoms with Crippen molar-refractivity contribution in [3.63, 3.8) is 0 Å². The molecule has 0 spiro atoms. The Hall–Kier alpha value is -0.980. The largest absolute Gasteiger partial charge is 0.391 e. The standard InChI is InChI=1S/C12H15BrFNO3/c1-18-7-9(16)4-5-15-12(17)10-3-2-8(14)6-11(10)13/h2-3,6,9,16H,4-5,7H2,1H3,(H,15,17). The van der Waals surface area contributed by atoms with Crippen LogP contribution in [0.1, 0.15) is 16.8 Å². The van der Waals surface area contributed by atoms with Crippen LogP contribution in [0.4, 0.5) is 4.39 Å². The van der Waals surface area contributed by atoms with Crippen molar-refractivity contribution in [2.24, 2.45) is 0 Å². The van der Waals surface area contributed by atoms with Crippen LogP contribution < -0.4 is 5.32 Å². The second-order valence-corrected chi connectivity index (χ2v) is 4.63. The van der Waals surface area contributed by atoms with E-state index in [1.165, 1.54) is 25.3 Å². The van der Waals surface area contributed by atoms with Crippen LogP contribution in [-0.4, -0.2) is 37.4 Å². The zero-order chi connectivity index (χ0) is 13.5. The molecule has 4 nitrogen and oxygen atoms in total. The fourth-order valence-electron chi connectivity index (χ4n) is 1.40. The van der Waals surface area contributed by atoms with E-state index in [1.807, 2.05) is 0 Å². The van der Waals surface area contributed by atoms with E-state index in [9.17, 15) is 14.3 Å². The maximum atomic E-state index is 12.8. The van der Waals surface area contributed by atoms with Gasteiger partial charge in [-0.15, -0.1) is 0 Å². The molecule has 0 heterocycles. The number of methoxy groups -OCH3 is 1. The van der Waals surface area contributed by atoms with Crippen LogP contribution in [-0.2, 0) is 4.74 Å². The molecule has 1 unspecified atom stereocenters. The third kappa shape index (κ3) is 4.72. The van der Waals surface area contributed by atoms with Gasteiger partial charge in [-0.25, -0.2) is 4.39 Å². The molecule has 100 valence electrons. The van der Waals surface area contributed by atoms with E-state index in [0.717, 1.165) is 0 Å². The lowest BCUT2D eigenvalue weighted by Gasteiger charge is -2.10. The average Bonchev–Trinajstić information content (AvgIpc) is 2.29. The van der Waals surface area contributed by atoms with Gasteiger partial charge in [-0.1, -0.05) is 0 Å². The van der Waals surface area contributed by atoms with E-state index in [1.54, 1.807) is 0 Å². The number of ether oxygens (including phenoxy) is 1. The lowest BCUT2D eigenvalue weighted by Crippen LogP contribution is -2.28. The Kier molecular flexibility index (Phi) is 6.24. The molecule has 1 amide bonds. The van der Waals surface area contributed by atoms with Crippen LogP contribution in [0.5, 0.6) is 0 Å². The molecule has 0 radical (unpaired) electrons. The molecule has 0 bridgehead atoms. The molecule has 0 saturated heterocycles. The summed E-state index contributed by atoms with van der Waals surface area (Å²) in [6, 6.07) is 3.86. The van der Waals surface area contributed by atoms with E-state index >= 15 is 0 Å². The third-order valence-corrected chi connectivity index (χ3v) is 2.95. The minimum atomic E-state index is -0.605. The minimum Gasteiger partial charge on any atom is -0.391 e. The number of aliphatic hydroxyl groups excluding tert-OH is 1. The van der Waals surface area contributed by atoms with Crippen LogP contribution in [0.3, 0.4) is 0 Å². The summed E-state index contributed by atoms with van der Waals surface area (Å²) in [5, 5.41) is 12.0. The molecule has 0 aliphatic heterocycles. The monoisotopic (exact) mass is 319 g/mol. The van der Waals surface area contributed by atoms with Crippen molar-refractivity contribution in [3.05, 3.63) is 34.1 Å². The van der Waals surface area contributed by atoms with Crippen LogP contribution in [0, 0.1) is 5.82 Å². The molecular weight excluding hydrogens is 305 g/mol. The first-order valence-electron chi connectivity index (χ1n) is 5.45. The van der Waals surface area contributed by atoms with Gasteiger partial charge in [0.15, 0.2) is 0 Å². The number of carbonyl (C=O) groups is 1. The van der Waals surface area contributed by atoms with Crippen LogP contribution in [0.25, 0.3) is 0 Å². The van der Waals surface area contributed by atoms with Crippen LogP contribution in [0.15, 0.2) is 22.7 Å². The van der Waals surface area contributed by atoms with Gasteiger partial charge in [0.05, 0.1) is 18.3 Å². The van der Waals surface area contributed by atoms with Crippen molar-refractivity contribution in [3.8, 4) is 0 Å². The first kappa shape index (κ1) is 15.1. The molecule has 18 heavy (non-hydrogen) atoms. The van der Waals surface area contributed by atoms with Crippen molar-refractivity contribution in [2.45, 2.75) is 12.5 Å². The number of carbonyl (C=O) groups excluding carboxylic acids is 1. The van der Waals surface area contributed by atoms with E-state index in [0.29, 0.717) is 23.0 Å². The highest BCUT2D eigenvalue weighted by Gasteiger charge is 2.11. The lowest BCUT2D eigenvalue weighted by molar-refractivity contribution is 0.0587. The highest BCUT2D eigenvalue weighted by atomic mass is 79.9. The van der Waals surface area contributed by atoms with Crippen molar-refractivity contribution >= 4 is 21.8 Å². The summed E-state index contributed by atoms with van der Waals surface area (Å²) in [6.45, 7) is 0.559. The second kappa shape index (κ2) is 7.45. The molecule has 1 rings (SSSR count). The molecule has 1 aromatic rings. The van der Waals surface area contributed by atoms with Crippen molar-refractivity contribution in [1.82, 2.24) is 5.32 Å². The van der Waals surface area contributed by atoms with Gasteiger partial charge in [0.25, 0.3) is 5.91 Å². The SMILES string of the molecule is COCC(O)CCNC(=O)c1ccc(F)cc1Br. The normalized spacial score (nSPS) is 12.2. The molecule has 0 fully saturated rings. The maximum absolute atomic E-state index is 12.8. The Labute approximate surface area is 113 Å². The van der Waals surface area contributed by atoms with E-state index < -0.39 is 11.9 Å². The van der Waals surface area contributed by atoms with Gasteiger partial charge < -0.3 is 15.2 Å². The number of hydrogen-bond acceptors (Lipinski definition) is 3. The van der Waals surface area contributed by atoms with Gasteiger partial charge in [-0.05, 0) is 40.5 Å².